The van der Waals surface area contributed by atoms with E-state index in [4.69, 9.17) is 0 Å². The Morgan fingerprint density at radius 2 is 2.09 bits per heavy atom. The molecule has 2 aromatic heterocycles. The molecule has 3 heterocycles. The summed E-state index contributed by atoms with van der Waals surface area (Å²) < 4.78 is 1.82. The number of amides is 1. The molecule has 1 amide bonds. The molecule has 1 aliphatic rings. The summed E-state index contributed by atoms with van der Waals surface area (Å²) in [6.45, 7) is 6.84. The second-order valence-electron chi connectivity index (χ2n) is 6.63. The third-order valence-corrected chi connectivity index (χ3v) is 5.70. The average Bonchev–Trinajstić information content (AvgIpc) is 3.13. The van der Waals surface area contributed by atoms with Gasteiger partial charge in [-0.1, -0.05) is 20.8 Å². The summed E-state index contributed by atoms with van der Waals surface area (Å²) in [6.07, 6.45) is 0. The Morgan fingerprint density at radius 3 is 2.65 bits per heavy atom. The molecule has 23 heavy (non-hydrogen) atoms. The molecule has 1 saturated heterocycles. The third-order valence-electron chi connectivity index (χ3n) is 4.51. The molecule has 6 nitrogen and oxygen atoms in total. The van der Waals surface area contributed by atoms with Crippen molar-refractivity contribution < 1.29 is 14.7 Å². The minimum Gasteiger partial charge on any atom is -0.481 e. The fourth-order valence-corrected chi connectivity index (χ4v) is 4.26. The van der Waals surface area contributed by atoms with E-state index in [1.807, 2.05) is 24.7 Å². The number of rotatable bonds is 3. The van der Waals surface area contributed by atoms with E-state index >= 15 is 0 Å². The lowest BCUT2D eigenvalue weighted by molar-refractivity contribution is -0.142. The van der Waals surface area contributed by atoms with Crippen LogP contribution in [0.3, 0.4) is 0 Å². The van der Waals surface area contributed by atoms with Gasteiger partial charge in [0.15, 0.2) is 0 Å². The van der Waals surface area contributed by atoms with Crippen molar-refractivity contribution in [2.75, 3.05) is 13.1 Å². The van der Waals surface area contributed by atoms with Gasteiger partial charge in [0.2, 0.25) is 0 Å². The van der Waals surface area contributed by atoms with Crippen molar-refractivity contribution >= 4 is 33.4 Å². The highest BCUT2D eigenvalue weighted by atomic mass is 32.1. The molecular formula is C16H21N3O3S. The maximum Gasteiger partial charge on any atom is 0.308 e. The van der Waals surface area contributed by atoms with Crippen LogP contribution in [-0.4, -0.2) is 44.8 Å². The third kappa shape index (κ3) is 2.63. The number of aromatic nitrogens is 2. The molecule has 1 fully saturated rings. The summed E-state index contributed by atoms with van der Waals surface area (Å²) in [5.74, 6) is -1.09. The predicted octanol–water partition coefficient (Wildman–Crippen LogP) is 2.55. The van der Waals surface area contributed by atoms with E-state index in [9.17, 15) is 14.7 Å². The second-order valence-corrected chi connectivity index (χ2v) is 7.66. The van der Waals surface area contributed by atoms with Crippen molar-refractivity contribution in [2.45, 2.75) is 26.7 Å². The number of hydrogen-bond acceptors (Lipinski definition) is 4. The van der Waals surface area contributed by atoms with Gasteiger partial charge in [-0.3, -0.25) is 14.3 Å². The molecule has 2 aromatic rings. The molecule has 0 saturated carbocycles. The van der Waals surface area contributed by atoms with Gasteiger partial charge in [0, 0.05) is 25.5 Å². The molecule has 0 aliphatic carbocycles. The van der Waals surface area contributed by atoms with E-state index in [2.05, 4.69) is 18.9 Å². The zero-order chi connectivity index (χ0) is 16.9. The van der Waals surface area contributed by atoms with Crippen LogP contribution < -0.4 is 0 Å². The topological polar surface area (TPSA) is 75.4 Å². The minimum atomic E-state index is -0.824. The number of aryl methyl sites for hydroxylation is 1. The van der Waals surface area contributed by atoms with Crippen LogP contribution in [0.25, 0.3) is 10.2 Å². The number of thiophene rings is 1. The molecule has 0 aromatic carbocycles. The summed E-state index contributed by atoms with van der Waals surface area (Å²) in [5.41, 5.74) is 0.996. The molecule has 1 N–H and O–H groups in total. The molecule has 124 valence electrons. The van der Waals surface area contributed by atoms with E-state index < -0.39 is 11.9 Å². The van der Waals surface area contributed by atoms with Crippen molar-refractivity contribution in [1.29, 1.82) is 0 Å². The fraction of sp³-hybridized carbons (Fsp3) is 0.562. The Labute approximate surface area is 138 Å². The van der Waals surface area contributed by atoms with Gasteiger partial charge in [0.25, 0.3) is 5.91 Å². The zero-order valence-corrected chi connectivity index (χ0v) is 14.6. The Balaban J connectivity index is 1.90. The van der Waals surface area contributed by atoms with Crippen molar-refractivity contribution in [1.82, 2.24) is 14.7 Å². The van der Waals surface area contributed by atoms with Crippen LogP contribution in [0.5, 0.6) is 0 Å². The normalized spacial score (nSPS) is 21.5. The predicted molar refractivity (Wildman–Crippen MR) is 88.9 cm³/mol. The van der Waals surface area contributed by atoms with Crippen LogP contribution in [0.4, 0.5) is 0 Å². The van der Waals surface area contributed by atoms with Crippen molar-refractivity contribution in [3.63, 3.8) is 0 Å². The van der Waals surface area contributed by atoms with Gasteiger partial charge in [-0.2, -0.15) is 5.10 Å². The van der Waals surface area contributed by atoms with E-state index in [1.54, 1.807) is 4.90 Å². The summed E-state index contributed by atoms with van der Waals surface area (Å²) in [4.78, 5) is 27.3. The Kier molecular flexibility index (Phi) is 3.91. The zero-order valence-electron chi connectivity index (χ0n) is 13.7. The Hall–Kier alpha value is -1.89. The highest BCUT2D eigenvalue weighted by Gasteiger charge is 2.37. The lowest BCUT2D eigenvalue weighted by atomic mass is 9.99. The number of carbonyl (C=O) groups is 2. The largest absolute Gasteiger partial charge is 0.481 e. The van der Waals surface area contributed by atoms with Gasteiger partial charge in [-0.15, -0.1) is 11.3 Å². The van der Waals surface area contributed by atoms with Gasteiger partial charge < -0.3 is 10.0 Å². The number of likely N-dealkylation sites (tertiary alicyclic amines) is 1. The first-order valence-corrected chi connectivity index (χ1v) is 8.59. The number of hydrogen-bond donors (Lipinski definition) is 1. The summed E-state index contributed by atoms with van der Waals surface area (Å²) in [6, 6.07) is 1.91. The number of aliphatic carboxylic acids is 1. The molecular weight excluding hydrogens is 314 g/mol. The maximum absolute atomic E-state index is 12.7. The van der Waals surface area contributed by atoms with Crippen LogP contribution >= 0.6 is 11.3 Å². The van der Waals surface area contributed by atoms with Crippen molar-refractivity contribution in [3.8, 4) is 0 Å². The van der Waals surface area contributed by atoms with Gasteiger partial charge in [0.05, 0.1) is 16.5 Å². The average molecular weight is 335 g/mol. The molecule has 0 spiro atoms. The minimum absolute atomic E-state index is 0.0151. The van der Waals surface area contributed by atoms with Gasteiger partial charge >= 0.3 is 5.97 Å². The molecule has 0 radical (unpaired) electrons. The monoisotopic (exact) mass is 335 g/mol. The van der Waals surface area contributed by atoms with Crippen LogP contribution in [0.1, 0.15) is 42.1 Å². The molecule has 3 rings (SSSR count). The number of nitrogens with zero attached hydrogens (tertiary/aromatic N) is 3. The number of carboxylic acids is 1. The molecule has 7 heteroatoms. The van der Waals surface area contributed by atoms with Crippen molar-refractivity contribution in [2.24, 2.45) is 18.9 Å². The standard InChI is InChI=1S/C16H21N3O3S/c1-8(2)13-10-5-12(23-15(10)18(4)17-13)14(20)19-6-9(3)11(7-19)16(21)22/h5,8-9,11H,6-7H2,1-4H3,(H,21,22)/t9-,11-/m1/s1. The molecule has 0 bridgehead atoms. The lowest BCUT2D eigenvalue weighted by Crippen LogP contribution is -2.29. The quantitative estimate of drug-likeness (QED) is 0.935. The van der Waals surface area contributed by atoms with E-state index in [1.165, 1.54) is 11.3 Å². The van der Waals surface area contributed by atoms with Crippen LogP contribution in [0, 0.1) is 11.8 Å². The van der Waals surface area contributed by atoms with Crippen molar-refractivity contribution in [3.05, 3.63) is 16.6 Å². The molecule has 0 unspecified atom stereocenters. The summed E-state index contributed by atoms with van der Waals surface area (Å²) >= 11 is 1.43. The first-order chi connectivity index (χ1) is 10.8. The number of fused-ring (bicyclic) bond motifs is 1. The Bertz CT molecular complexity index is 777. The Morgan fingerprint density at radius 1 is 1.39 bits per heavy atom. The highest BCUT2D eigenvalue weighted by molar-refractivity contribution is 7.20. The molecule has 2 atom stereocenters. The highest BCUT2D eigenvalue weighted by Crippen LogP contribution is 2.33. The lowest BCUT2D eigenvalue weighted by Gasteiger charge is -2.14. The van der Waals surface area contributed by atoms with Crippen LogP contribution in [0.2, 0.25) is 0 Å². The first-order valence-electron chi connectivity index (χ1n) is 7.78. The summed E-state index contributed by atoms with van der Waals surface area (Å²) in [7, 11) is 1.89. The van der Waals surface area contributed by atoms with Gasteiger partial charge in [-0.25, -0.2) is 0 Å². The van der Waals surface area contributed by atoms with Gasteiger partial charge in [0.1, 0.15) is 4.83 Å². The second kappa shape index (κ2) is 5.63. The molecule has 1 aliphatic heterocycles. The SMILES string of the molecule is CC(C)c1nn(C)c2sc(C(=O)N3C[C@@H](C)[C@H](C(=O)O)C3)cc12. The fourth-order valence-electron chi connectivity index (χ4n) is 3.21. The van der Waals surface area contributed by atoms with E-state index in [0.29, 0.717) is 23.9 Å². The van der Waals surface area contributed by atoms with Crippen LogP contribution in [0.15, 0.2) is 6.07 Å². The number of carbonyl (C=O) groups excluding carboxylic acids is 1. The first kappa shape index (κ1) is 16.0. The number of carboxylic acid groups (broad SMARTS) is 1. The van der Waals surface area contributed by atoms with E-state index in [0.717, 1.165) is 15.9 Å². The van der Waals surface area contributed by atoms with E-state index in [-0.39, 0.29) is 11.8 Å². The maximum atomic E-state index is 12.7. The smallest absolute Gasteiger partial charge is 0.308 e. The van der Waals surface area contributed by atoms with Crippen LogP contribution in [-0.2, 0) is 11.8 Å². The van der Waals surface area contributed by atoms with Gasteiger partial charge in [-0.05, 0) is 17.9 Å². The summed E-state index contributed by atoms with van der Waals surface area (Å²) in [5, 5.41) is 14.8.